The first-order valence-electron chi connectivity index (χ1n) is 12.0. The Bertz CT molecular complexity index is 1270. The van der Waals surface area contributed by atoms with Gasteiger partial charge in [-0.2, -0.15) is 0 Å². The summed E-state index contributed by atoms with van der Waals surface area (Å²) in [6.45, 7) is 2.76. The monoisotopic (exact) mass is 453 g/mol. The molecule has 174 valence electrons. The molecule has 4 aromatic rings. The molecule has 0 aliphatic heterocycles. The molecule has 2 heterocycles. The molecule has 0 unspecified atom stereocenters. The van der Waals surface area contributed by atoms with Crippen molar-refractivity contribution < 1.29 is 4.79 Å². The van der Waals surface area contributed by atoms with Gasteiger partial charge in [-0.05, 0) is 50.3 Å². The number of rotatable bonds is 6. The quantitative estimate of drug-likeness (QED) is 0.387. The summed E-state index contributed by atoms with van der Waals surface area (Å²) in [7, 11) is 0. The summed E-state index contributed by atoms with van der Waals surface area (Å²) >= 11 is 0. The molecule has 0 spiro atoms. The van der Waals surface area contributed by atoms with Crippen molar-refractivity contribution in [3.8, 4) is 11.3 Å². The Balaban J connectivity index is 1.45. The van der Waals surface area contributed by atoms with Crippen LogP contribution in [-0.2, 0) is 6.54 Å². The van der Waals surface area contributed by atoms with Gasteiger partial charge in [0.25, 0.3) is 5.91 Å². The molecule has 6 nitrogen and oxygen atoms in total. The van der Waals surface area contributed by atoms with Crippen molar-refractivity contribution in [2.45, 2.75) is 51.2 Å². The summed E-state index contributed by atoms with van der Waals surface area (Å²) in [6.07, 6.45) is 5.72. The van der Waals surface area contributed by atoms with Crippen LogP contribution in [0.3, 0.4) is 0 Å². The minimum atomic E-state index is -0.0540. The lowest BCUT2D eigenvalue weighted by Crippen LogP contribution is -2.40. The fourth-order valence-corrected chi connectivity index (χ4v) is 4.58. The van der Waals surface area contributed by atoms with E-state index in [2.05, 4.69) is 54.0 Å². The van der Waals surface area contributed by atoms with Gasteiger partial charge in [-0.25, -0.2) is 4.98 Å². The van der Waals surface area contributed by atoms with E-state index in [1.54, 1.807) is 0 Å². The molecular formula is C28H31N5O. The average molecular weight is 454 g/mol. The zero-order valence-corrected chi connectivity index (χ0v) is 19.5. The van der Waals surface area contributed by atoms with Crippen molar-refractivity contribution in [1.82, 2.24) is 14.7 Å². The summed E-state index contributed by atoms with van der Waals surface area (Å²) in [4.78, 5) is 17.9. The van der Waals surface area contributed by atoms with Gasteiger partial charge in [0.1, 0.15) is 17.2 Å². The van der Waals surface area contributed by atoms with E-state index in [9.17, 15) is 4.79 Å². The number of fused-ring (bicyclic) bond motifs is 1. The summed E-state index contributed by atoms with van der Waals surface area (Å²) in [5.41, 5.74) is 11.7. The maximum absolute atomic E-state index is 13.0. The Hall–Kier alpha value is -3.64. The maximum Gasteiger partial charge on any atom is 0.251 e. The number of aromatic nitrogens is 2. The van der Waals surface area contributed by atoms with Crippen LogP contribution < -0.4 is 16.4 Å². The molecule has 0 atom stereocenters. The van der Waals surface area contributed by atoms with E-state index in [0.29, 0.717) is 12.1 Å². The van der Waals surface area contributed by atoms with Crippen LogP contribution in [0.4, 0.5) is 5.82 Å². The minimum Gasteiger partial charge on any atom is -0.365 e. The third kappa shape index (κ3) is 4.82. The number of imidazole rings is 1. The second kappa shape index (κ2) is 9.69. The largest absolute Gasteiger partial charge is 0.365 e. The number of anilines is 1. The van der Waals surface area contributed by atoms with E-state index in [1.165, 1.54) is 11.1 Å². The lowest BCUT2D eigenvalue weighted by atomic mass is 9.91. The van der Waals surface area contributed by atoms with Gasteiger partial charge in [0, 0.05) is 36.0 Å². The van der Waals surface area contributed by atoms with Gasteiger partial charge in [0.05, 0.1) is 0 Å². The van der Waals surface area contributed by atoms with Crippen LogP contribution in [-0.4, -0.2) is 27.4 Å². The zero-order chi connectivity index (χ0) is 23.5. The Labute approximate surface area is 200 Å². The standard InChI is InChI=1S/C28H31N5O/c1-19-7-9-21(10-8-19)26-27(30-18-20-5-3-2-4-6-20)33-16-15-22(17-25(33)32-26)28(34)31-24-13-11-23(29)12-14-24/h2-10,15-17,23-24,30H,11-14,18,29H2,1H3,(H,31,34). The third-order valence-corrected chi connectivity index (χ3v) is 6.62. The first kappa shape index (κ1) is 22.2. The van der Waals surface area contributed by atoms with E-state index in [-0.39, 0.29) is 18.0 Å². The van der Waals surface area contributed by atoms with Crippen LogP contribution in [0.25, 0.3) is 16.9 Å². The van der Waals surface area contributed by atoms with Gasteiger partial charge < -0.3 is 16.4 Å². The fourth-order valence-electron chi connectivity index (χ4n) is 4.58. The number of aryl methyl sites for hydroxylation is 1. The molecule has 34 heavy (non-hydrogen) atoms. The first-order valence-corrected chi connectivity index (χ1v) is 12.0. The highest BCUT2D eigenvalue weighted by atomic mass is 16.1. The Morgan fingerprint density at radius 2 is 1.76 bits per heavy atom. The number of benzene rings is 2. The fraction of sp³-hybridized carbons (Fsp3) is 0.286. The van der Waals surface area contributed by atoms with Crippen molar-refractivity contribution in [2.24, 2.45) is 5.73 Å². The number of pyridine rings is 1. The van der Waals surface area contributed by atoms with Crippen molar-refractivity contribution in [1.29, 1.82) is 0 Å². The molecule has 1 saturated carbocycles. The van der Waals surface area contributed by atoms with E-state index >= 15 is 0 Å². The van der Waals surface area contributed by atoms with Gasteiger partial charge >= 0.3 is 0 Å². The lowest BCUT2D eigenvalue weighted by molar-refractivity contribution is 0.0926. The number of carbonyl (C=O) groups is 1. The van der Waals surface area contributed by atoms with Gasteiger partial charge in [-0.3, -0.25) is 9.20 Å². The predicted molar refractivity (Wildman–Crippen MR) is 137 cm³/mol. The number of hydrogen-bond acceptors (Lipinski definition) is 4. The second-order valence-corrected chi connectivity index (χ2v) is 9.24. The van der Waals surface area contributed by atoms with Crippen LogP contribution >= 0.6 is 0 Å². The average Bonchev–Trinajstić information content (AvgIpc) is 3.23. The molecular weight excluding hydrogens is 422 g/mol. The Morgan fingerprint density at radius 1 is 1.03 bits per heavy atom. The highest BCUT2D eigenvalue weighted by molar-refractivity contribution is 5.95. The number of amides is 1. The molecule has 6 heteroatoms. The third-order valence-electron chi connectivity index (χ3n) is 6.62. The van der Waals surface area contributed by atoms with Crippen LogP contribution in [0.1, 0.15) is 47.2 Å². The molecule has 4 N–H and O–H groups in total. The molecule has 1 amide bonds. The molecule has 0 radical (unpaired) electrons. The maximum atomic E-state index is 13.0. The Kier molecular flexibility index (Phi) is 6.32. The van der Waals surface area contributed by atoms with Crippen LogP contribution in [0.15, 0.2) is 72.9 Å². The molecule has 1 aliphatic rings. The summed E-state index contributed by atoms with van der Waals surface area (Å²) in [5, 5.41) is 6.75. The summed E-state index contributed by atoms with van der Waals surface area (Å²) < 4.78 is 2.02. The molecule has 0 bridgehead atoms. The van der Waals surface area contributed by atoms with E-state index in [0.717, 1.165) is 48.4 Å². The van der Waals surface area contributed by atoms with Crippen LogP contribution in [0, 0.1) is 6.92 Å². The molecule has 5 rings (SSSR count). The highest BCUT2D eigenvalue weighted by Gasteiger charge is 2.21. The van der Waals surface area contributed by atoms with Crippen molar-refractivity contribution in [3.05, 3.63) is 89.6 Å². The van der Waals surface area contributed by atoms with Gasteiger partial charge in [0.15, 0.2) is 0 Å². The number of nitrogens with zero attached hydrogens (tertiary/aromatic N) is 2. The van der Waals surface area contributed by atoms with Crippen LogP contribution in [0.2, 0.25) is 0 Å². The van der Waals surface area contributed by atoms with Gasteiger partial charge in [-0.15, -0.1) is 0 Å². The lowest BCUT2D eigenvalue weighted by Gasteiger charge is -2.26. The number of hydrogen-bond donors (Lipinski definition) is 3. The SMILES string of the molecule is Cc1ccc(-c2nc3cc(C(=O)NC4CCC(N)CC4)ccn3c2NCc2ccccc2)cc1. The topological polar surface area (TPSA) is 84.5 Å². The van der Waals surface area contributed by atoms with E-state index < -0.39 is 0 Å². The molecule has 0 saturated heterocycles. The molecule has 2 aromatic carbocycles. The highest BCUT2D eigenvalue weighted by Crippen LogP contribution is 2.30. The number of nitrogens with two attached hydrogens (primary N) is 1. The number of nitrogens with one attached hydrogen (secondary N) is 2. The predicted octanol–water partition coefficient (Wildman–Crippen LogP) is 4.92. The first-order chi connectivity index (χ1) is 16.6. The smallest absolute Gasteiger partial charge is 0.251 e. The summed E-state index contributed by atoms with van der Waals surface area (Å²) in [5.74, 6) is 0.859. The van der Waals surface area contributed by atoms with E-state index in [4.69, 9.17) is 10.7 Å². The minimum absolute atomic E-state index is 0.0540. The van der Waals surface area contributed by atoms with Gasteiger partial charge in [0.2, 0.25) is 0 Å². The van der Waals surface area contributed by atoms with E-state index in [1.807, 2.05) is 40.9 Å². The van der Waals surface area contributed by atoms with Crippen molar-refractivity contribution in [2.75, 3.05) is 5.32 Å². The molecule has 2 aromatic heterocycles. The van der Waals surface area contributed by atoms with Gasteiger partial charge in [-0.1, -0.05) is 60.2 Å². The zero-order valence-electron chi connectivity index (χ0n) is 19.5. The van der Waals surface area contributed by atoms with Crippen molar-refractivity contribution in [3.63, 3.8) is 0 Å². The number of carbonyl (C=O) groups excluding carboxylic acids is 1. The molecule has 1 fully saturated rings. The summed E-state index contributed by atoms with van der Waals surface area (Å²) in [6, 6.07) is 22.8. The van der Waals surface area contributed by atoms with Crippen molar-refractivity contribution >= 4 is 17.4 Å². The normalized spacial score (nSPS) is 18.1. The second-order valence-electron chi connectivity index (χ2n) is 9.24. The van der Waals surface area contributed by atoms with Crippen LogP contribution in [0.5, 0.6) is 0 Å². The Morgan fingerprint density at radius 3 is 2.50 bits per heavy atom. The molecule has 1 aliphatic carbocycles.